The summed E-state index contributed by atoms with van der Waals surface area (Å²) >= 11 is 2.78. The fourth-order valence-corrected chi connectivity index (χ4v) is 6.65. The van der Waals surface area contributed by atoms with Gasteiger partial charge in [0.25, 0.3) is 0 Å². The first kappa shape index (κ1) is 23.7. The first-order valence-corrected chi connectivity index (χ1v) is 13.6. The van der Waals surface area contributed by atoms with Gasteiger partial charge in [-0.25, -0.2) is 9.78 Å². The Bertz CT molecular complexity index is 1430. The number of hydrogen-bond donors (Lipinski definition) is 1. The van der Waals surface area contributed by atoms with Gasteiger partial charge in [0.1, 0.15) is 10.5 Å². The number of aromatic nitrogens is 4. The van der Waals surface area contributed by atoms with E-state index in [0.29, 0.717) is 28.7 Å². The van der Waals surface area contributed by atoms with Crippen molar-refractivity contribution in [3.05, 3.63) is 40.3 Å². The third-order valence-corrected chi connectivity index (χ3v) is 8.71. The molecule has 3 heterocycles. The number of nitrogens with one attached hydrogen (secondary N) is 1. The lowest BCUT2D eigenvalue weighted by Crippen LogP contribution is -2.25. The van der Waals surface area contributed by atoms with Crippen LogP contribution in [0.4, 0.5) is 5.00 Å². The van der Waals surface area contributed by atoms with Gasteiger partial charge in [-0.15, -0.1) is 21.5 Å². The minimum absolute atomic E-state index is 0.178. The van der Waals surface area contributed by atoms with Crippen LogP contribution in [0, 0.1) is 0 Å². The van der Waals surface area contributed by atoms with E-state index >= 15 is 0 Å². The second-order valence-electron chi connectivity index (χ2n) is 8.48. The van der Waals surface area contributed by atoms with Crippen molar-refractivity contribution in [1.82, 2.24) is 19.7 Å². The van der Waals surface area contributed by atoms with Crippen molar-refractivity contribution in [3.8, 4) is 0 Å². The summed E-state index contributed by atoms with van der Waals surface area (Å²) in [6.07, 6.45) is 4.48. The minimum atomic E-state index is -0.432. The van der Waals surface area contributed by atoms with Crippen molar-refractivity contribution < 1.29 is 14.3 Å². The number of nitrogens with zero attached hydrogens (tertiary/aromatic N) is 4. The van der Waals surface area contributed by atoms with E-state index in [1.807, 2.05) is 42.8 Å². The number of thioether (sulfide) groups is 1. The fourth-order valence-electron chi connectivity index (χ4n) is 4.56. The average molecular weight is 510 g/mol. The Balaban J connectivity index is 1.40. The highest BCUT2D eigenvalue weighted by Gasteiger charge is 2.29. The first-order valence-electron chi connectivity index (χ1n) is 11.9. The molecule has 1 aliphatic rings. The molecule has 0 radical (unpaired) electrons. The van der Waals surface area contributed by atoms with Crippen molar-refractivity contribution in [2.45, 2.75) is 56.4 Å². The highest BCUT2D eigenvalue weighted by Crippen LogP contribution is 2.39. The molecule has 8 nitrogen and oxygen atoms in total. The smallest absolute Gasteiger partial charge is 0.341 e. The number of amides is 1. The monoisotopic (exact) mass is 509 g/mol. The molecule has 5 rings (SSSR count). The first-order chi connectivity index (χ1) is 17.0. The lowest BCUT2D eigenvalue weighted by Gasteiger charge is -2.14. The van der Waals surface area contributed by atoms with Gasteiger partial charge < -0.3 is 14.6 Å². The standard InChI is InChI=1S/C25H27N5O3S2/c1-4-17(35-25-26-21-20(28-29-25)14-10-6-8-12-16(14)30(21)3)22(31)27-23-19(24(32)33-5-2)15-11-7-9-13-18(15)34-23/h6,8,10,12,17H,4-5,7,9,11,13H2,1-3H3,(H,27,31). The summed E-state index contributed by atoms with van der Waals surface area (Å²) in [5.41, 5.74) is 4.06. The molecule has 1 atom stereocenters. The van der Waals surface area contributed by atoms with E-state index in [1.54, 1.807) is 6.92 Å². The van der Waals surface area contributed by atoms with E-state index in [2.05, 4.69) is 15.5 Å². The molecule has 35 heavy (non-hydrogen) atoms. The van der Waals surface area contributed by atoms with Crippen LogP contribution in [0.5, 0.6) is 0 Å². The van der Waals surface area contributed by atoms with Crippen molar-refractivity contribution in [2.75, 3.05) is 11.9 Å². The molecule has 4 aromatic rings. The molecule has 0 bridgehead atoms. The molecule has 0 saturated carbocycles. The number of carbonyl (C=O) groups is 2. The van der Waals surface area contributed by atoms with E-state index in [0.717, 1.165) is 53.3 Å². The van der Waals surface area contributed by atoms with Crippen LogP contribution >= 0.6 is 23.1 Å². The van der Waals surface area contributed by atoms with Crippen LogP contribution in [0.1, 0.15) is 53.9 Å². The Morgan fingerprint density at radius 3 is 2.80 bits per heavy atom. The molecule has 0 saturated heterocycles. The minimum Gasteiger partial charge on any atom is -0.462 e. The quantitative estimate of drug-likeness (QED) is 0.272. The highest BCUT2D eigenvalue weighted by atomic mass is 32.2. The Morgan fingerprint density at radius 1 is 1.20 bits per heavy atom. The number of ether oxygens (including phenoxy) is 1. The Morgan fingerprint density at radius 2 is 2.00 bits per heavy atom. The summed E-state index contributed by atoms with van der Waals surface area (Å²) in [6, 6.07) is 7.98. The fraction of sp³-hybridized carbons (Fsp3) is 0.400. The maximum absolute atomic E-state index is 13.3. The molecule has 1 aromatic carbocycles. The van der Waals surface area contributed by atoms with Crippen molar-refractivity contribution in [3.63, 3.8) is 0 Å². The third-order valence-electron chi connectivity index (χ3n) is 6.29. The molecule has 182 valence electrons. The van der Waals surface area contributed by atoms with Crippen molar-refractivity contribution >= 4 is 62.0 Å². The van der Waals surface area contributed by atoms with Gasteiger partial charge in [-0.3, -0.25) is 4.79 Å². The van der Waals surface area contributed by atoms with Gasteiger partial charge >= 0.3 is 5.97 Å². The molecule has 10 heteroatoms. The number of esters is 1. The van der Waals surface area contributed by atoms with E-state index in [9.17, 15) is 9.59 Å². The molecule has 0 fully saturated rings. The van der Waals surface area contributed by atoms with Crippen LogP contribution in [-0.4, -0.2) is 43.5 Å². The number of fused-ring (bicyclic) bond motifs is 4. The normalized spacial score (nSPS) is 14.1. The number of benzene rings is 1. The predicted molar refractivity (Wildman–Crippen MR) is 139 cm³/mol. The number of para-hydroxylation sites is 1. The predicted octanol–water partition coefficient (Wildman–Crippen LogP) is 5.14. The van der Waals surface area contributed by atoms with Crippen LogP contribution in [0.15, 0.2) is 29.4 Å². The van der Waals surface area contributed by atoms with E-state index < -0.39 is 5.25 Å². The van der Waals surface area contributed by atoms with E-state index in [-0.39, 0.29) is 11.9 Å². The maximum Gasteiger partial charge on any atom is 0.341 e. The van der Waals surface area contributed by atoms with Gasteiger partial charge in [-0.2, -0.15) is 0 Å². The van der Waals surface area contributed by atoms with Crippen LogP contribution in [0.2, 0.25) is 0 Å². The summed E-state index contributed by atoms with van der Waals surface area (Å²) in [7, 11) is 1.95. The lowest BCUT2D eigenvalue weighted by atomic mass is 9.95. The molecule has 3 aromatic heterocycles. The third kappa shape index (κ3) is 4.40. The number of aryl methyl sites for hydroxylation is 2. The summed E-state index contributed by atoms with van der Waals surface area (Å²) in [5, 5.41) is 13.3. The second-order valence-corrected chi connectivity index (χ2v) is 10.8. The lowest BCUT2D eigenvalue weighted by molar-refractivity contribution is -0.115. The van der Waals surface area contributed by atoms with Gasteiger partial charge in [0, 0.05) is 17.3 Å². The molecule has 1 unspecified atom stereocenters. The average Bonchev–Trinajstić information content (AvgIpc) is 3.37. The Hall–Kier alpha value is -2.98. The number of thiophene rings is 1. The molecular formula is C25H27N5O3S2. The Labute approximate surface area is 211 Å². The number of anilines is 1. The van der Waals surface area contributed by atoms with E-state index in [4.69, 9.17) is 9.72 Å². The number of hydrogen-bond acceptors (Lipinski definition) is 8. The van der Waals surface area contributed by atoms with E-state index in [1.165, 1.54) is 28.0 Å². The van der Waals surface area contributed by atoms with Crippen molar-refractivity contribution in [2.24, 2.45) is 7.05 Å². The number of carbonyl (C=O) groups excluding carboxylic acids is 2. The highest BCUT2D eigenvalue weighted by molar-refractivity contribution is 8.00. The van der Waals surface area contributed by atoms with Gasteiger partial charge in [0.15, 0.2) is 5.65 Å². The Kier molecular flexibility index (Phi) is 6.75. The van der Waals surface area contributed by atoms with Crippen LogP contribution < -0.4 is 5.32 Å². The molecule has 0 aliphatic heterocycles. The summed E-state index contributed by atoms with van der Waals surface area (Å²) in [5.74, 6) is -0.543. The van der Waals surface area contributed by atoms with Gasteiger partial charge in [0.05, 0.1) is 22.9 Å². The second kappa shape index (κ2) is 9.94. The van der Waals surface area contributed by atoms with Gasteiger partial charge in [0.2, 0.25) is 11.1 Å². The summed E-state index contributed by atoms with van der Waals surface area (Å²) in [6.45, 7) is 4.04. The molecule has 1 amide bonds. The molecule has 1 aliphatic carbocycles. The van der Waals surface area contributed by atoms with Gasteiger partial charge in [-0.1, -0.05) is 36.9 Å². The van der Waals surface area contributed by atoms with Crippen LogP contribution in [-0.2, 0) is 29.4 Å². The number of rotatable bonds is 7. The molecule has 1 N–H and O–H groups in total. The molecular weight excluding hydrogens is 482 g/mol. The van der Waals surface area contributed by atoms with Crippen molar-refractivity contribution in [1.29, 1.82) is 0 Å². The molecule has 0 spiro atoms. The SMILES string of the molecule is CCOC(=O)c1c(NC(=O)C(CC)Sc2nnc3c4ccccc4n(C)c3n2)sc2c1CCCC2. The van der Waals surface area contributed by atoms with Gasteiger partial charge in [-0.05, 0) is 50.7 Å². The largest absolute Gasteiger partial charge is 0.462 e. The topological polar surface area (TPSA) is 99.0 Å². The summed E-state index contributed by atoms with van der Waals surface area (Å²) < 4.78 is 7.31. The summed E-state index contributed by atoms with van der Waals surface area (Å²) in [4.78, 5) is 31.9. The zero-order valence-electron chi connectivity index (χ0n) is 20.0. The zero-order valence-corrected chi connectivity index (χ0v) is 21.6. The maximum atomic E-state index is 13.3. The zero-order chi connectivity index (χ0) is 24.5. The van der Waals surface area contributed by atoms with Crippen LogP contribution in [0.3, 0.4) is 0 Å². The van der Waals surface area contributed by atoms with Crippen LogP contribution in [0.25, 0.3) is 22.1 Å².